The molecule has 0 heterocycles. The van der Waals surface area contributed by atoms with Crippen LogP contribution in [0.4, 0.5) is 35.5 Å². The minimum atomic E-state index is -4.91. The largest absolute Gasteiger partial charge is 0.416 e. The zero-order valence-electron chi connectivity index (χ0n) is 17.8. The van der Waals surface area contributed by atoms with Crippen molar-refractivity contribution in [2.45, 2.75) is 24.3 Å². The number of carbonyl (C=O) groups excluding carboxylic acids is 1. The van der Waals surface area contributed by atoms with Crippen LogP contribution in [0.3, 0.4) is 0 Å². The van der Waals surface area contributed by atoms with E-state index in [2.05, 4.69) is 21.2 Å². The van der Waals surface area contributed by atoms with E-state index in [1.54, 1.807) is 47.8 Å². The first-order valence-electron chi connectivity index (χ1n) is 10.1. The molecule has 11 heteroatoms. The predicted molar refractivity (Wildman–Crippen MR) is 119 cm³/mol. The van der Waals surface area contributed by atoms with Crippen LogP contribution in [0, 0.1) is 5.82 Å². The summed E-state index contributed by atoms with van der Waals surface area (Å²) in [4.78, 5) is 12.6. The quantitative estimate of drug-likeness (QED) is 0.313. The van der Waals surface area contributed by atoms with Gasteiger partial charge in [0.25, 0.3) is 0 Å². The fourth-order valence-corrected chi connectivity index (χ4v) is 3.88. The summed E-state index contributed by atoms with van der Waals surface area (Å²) in [6.07, 6.45) is -9.82. The van der Waals surface area contributed by atoms with Gasteiger partial charge in [-0.3, -0.25) is 0 Å². The third kappa shape index (κ3) is 6.97. The summed E-state index contributed by atoms with van der Waals surface area (Å²) in [5.41, 5.74) is -2.70. The number of urea groups is 1. The van der Waals surface area contributed by atoms with Gasteiger partial charge in [-0.25, -0.2) is 9.18 Å². The molecule has 0 saturated heterocycles. The Labute approximate surface area is 204 Å². The smallest absolute Gasteiger partial charge is 0.329 e. The first-order chi connectivity index (χ1) is 16.3. The van der Waals surface area contributed by atoms with Gasteiger partial charge in [0.05, 0.1) is 11.1 Å². The van der Waals surface area contributed by atoms with Gasteiger partial charge in [-0.2, -0.15) is 26.3 Å². The molecule has 2 amide bonds. The predicted octanol–water partition coefficient (Wildman–Crippen LogP) is 6.95. The van der Waals surface area contributed by atoms with Gasteiger partial charge in [0.1, 0.15) is 12.4 Å². The van der Waals surface area contributed by atoms with Crippen molar-refractivity contribution in [2.75, 3.05) is 6.54 Å². The van der Waals surface area contributed by atoms with Gasteiger partial charge in [0.2, 0.25) is 0 Å². The zero-order chi connectivity index (χ0) is 25.9. The van der Waals surface area contributed by atoms with Crippen molar-refractivity contribution in [1.82, 2.24) is 10.6 Å². The molecule has 2 N–H and O–H groups in total. The molecule has 3 aromatic rings. The molecule has 0 bridgehead atoms. The Morgan fingerprint density at radius 2 is 1.40 bits per heavy atom. The molecule has 3 nitrogen and oxygen atoms in total. The number of hydrogen-bond donors (Lipinski definition) is 2. The van der Waals surface area contributed by atoms with E-state index in [0.29, 0.717) is 22.2 Å². The number of amides is 2. The van der Waals surface area contributed by atoms with Crippen molar-refractivity contribution in [1.29, 1.82) is 0 Å². The molecule has 0 radical (unpaired) electrons. The monoisotopic (exact) mass is 562 g/mol. The van der Waals surface area contributed by atoms with Crippen LogP contribution in [0.15, 0.2) is 77.3 Å². The molecule has 0 saturated carbocycles. The highest BCUT2D eigenvalue weighted by Crippen LogP contribution is 2.38. The Morgan fingerprint density at radius 1 is 0.800 bits per heavy atom. The van der Waals surface area contributed by atoms with Gasteiger partial charge in [-0.15, -0.1) is 0 Å². The van der Waals surface area contributed by atoms with Crippen molar-refractivity contribution >= 4 is 22.0 Å². The summed E-state index contributed by atoms with van der Waals surface area (Å²) < 4.78 is 93.8. The molecule has 0 aliphatic rings. The molecule has 0 unspecified atom stereocenters. The van der Waals surface area contributed by atoms with Crippen molar-refractivity contribution in [3.05, 3.63) is 105 Å². The maximum absolute atomic E-state index is 14.5. The first-order valence-corrected chi connectivity index (χ1v) is 10.9. The molecule has 0 fully saturated rings. The summed E-state index contributed by atoms with van der Waals surface area (Å²) in [6, 6.07) is 14.8. The van der Waals surface area contributed by atoms with E-state index in [-0.39, 0.29) is 17.5 Å². The second-order valence-electron chi connectivity index (χ2n) is 7.72. The summed E-state index contributed by atoms with van der Waals surface area (Å²) in [7, 11) is 0. The third-order valence-electron chi connectivity index (χ3n) is 5.14. The second kappa shape index (κ2) is 10.3. The van der Waals surface area contributed by atoms with Crippen LogP contribution >= 0.6 is 15.9 Å². The third-order valence-corrected chi connectivity index (χ3v) is 5.67. The molecule has 186 valence electrons. The van der Waals surface area contributed by atoms with Gasteiger partial charge in [-0.05, 0) is 47.0 Å². The maximum Gasteiger partial charge on any atom is 0.416 e. The van der Waals surface area contributed by atoms with E-state index in [9.17, 15) is 35.5 Å². The molecule has 0 spiro atoms. The number of alkyl halides is 6. The van der Waals surface area contributed by atoms with Gasteiger partial charge in [-0.1, -0.05) is 58.4 Å². The summed E-state index contributed by atoms with van der Waals surface area (Å²) >= 11 is 3.25. The number of nitrogens with one attached hydrogen (secondary N) is 2. The van der Waals surface area contributed by atoms with Gasteiger partial charge in [0.15, 0.2) is 0 Å². The first kappa shape index (κ1) is 26.5. The van der Waals surface area contributed by atoms with Crippen LogP contribution in [-0.4, -0.2) is 18.8 Å². The van der Waals surface area contributed by atoms with Crippen LogP contribution in [0.5, 0.6) is 0 Å². The van der Waals surface area contributed by atoms with Crippen molar-refractivity contribution in [2.24, 2.45) is 0 Å². The summed E-state index contributed by atoms with van der Waals surface area (Å²) in [5.74, 6) is -1.22. The fourth-order valence-electron chi connectivity index (χ4n) is 3.61. The lowest BCUT2D eigenvalue weighted by Crippen LogP contribution is -2.53. The standard InChI is InChI=1S/C24H18BrF7N2O/c25-19-8-6-16(7-9-19)22(13-15-4-2-1-3-5-15,34-21(35)33-14-23(27,28)29)17-10-18(24(30,31)32)12-20(26)11-17/h1-12H,13-14H2,(H2,33,34,35)/t22-/m1/s1. The van der Waals surface area contributed by atoms with Crippen LogP contribution in [0.2, 0.25) is 0 Å². The minimum Gasteiger partial charge on any atom is -0.329 e. The van der Waals surface area contributed by atoms with Crippen LogP contribution in [-0.2, 0) is 18.1 Å². The van der Waals surface area contributed by atoms with E-state index in [4.69, 9.17) is 0 Å². The molecule has 0 aromatic heterocycles. The normalized spacial score (nSPS) is 13.7. The molecule has 0 aliphatic carbocycles. The number of halogens is 8. The Balaban J connectivity index is 2.24. The SMILES string of the molecule is O=C(NCC(F)(F)F)N[C@](Cc1ccccc1)(c1ccc(Br)cc1)c1cc(F)cc(C(F)(F)F)c1. The number of benzene rings is 3. The van der Waals surface area contributed by atoms with Crippen molar-refractivity contribution < 1.29 is 35.5 Å². The van der Waals surface area contributed by atoms with E-state index in [0.717, 1.165) is 6.07 Å². The molecule has 3 rings (SSSR count). The highest BCUT2D eigenvalue weighted by molar-refractivity contribution is 9.10. The Morgan fingerprint density at radius 3 is 1.97 bits per heavy atom. The van der Waals surface area contributed by atoms with Gasteiger partial charge in [0, 0.05) is 10.9 Å². The number of rotatable bonds is 6. The lowest BCUT2D eigenvalue weighted by molar-refractivity contribution is -0.137. The number of hydrogen-bond acceptors (Lipinski definition) is 1. The van der Waals surface area contributed by atoms with Crippen LogP contribution in [0.25, 0.3) is 0 Å². The Hall–Kier alpha value is -3.08. The molecule has 35 heavy (non-hydrogen) atoms. The van der Waals surface area contributed by atoms with E-state index >= 15 is 0 Å². The molecule has 3 aromatic carbocycles. The minimum absolute atomic E-state index is 0.185. The highest BCUT2D eigenvalue weighted by Gasteiger charge is 2.40. The van der Waals surface area contributed by atoms with Gasteiger partial charge < -0.3 is 10.6 Å². The topological polar surface area (TPSA) is 41.1 Å². The molecule has 0 aliphatic heterocycles. The zero-order valence-corrected chi connectivity index (χ0v) is 19.4. The van der Waals surface area contributed by atoms with Crippen LogP contribution in [0.1, 0.15) is 22.3 Å². The Bertz CT molecular complexity index is 1170. The van der Waals surface area contributed by atoms with Crippen molar-refractivity contribution in [3.63, 3.8) is 0 Å². The number of carbonyl (C=O) groups is 1. The Kier molecular flexibility index (Phi) is 7.78. The van der Waals surface area contributed by atoms with Crippen molar-refractivity contribution in [3.8, 4) is 0 Å². The average Bonchev–Trinajstić information content (AvgIpc) is 2.77. The second-order valence-corrected chi connectivity index (χ2v) is 8.64. The maximum atomic E-state index is 14.5. The lowest BCUT2D eigenvalue weighted by atomic mass is 9.77. The average molecular weight is 563 g/mol. The van der Waals surface area contributed by atoms with E-state index in [1.807, 2.05) is 0 Å². The van der Waals surface area contributed by atoms with E-state index < -0.39 is 41.8 Å². The van der Waals surface area contributed by atoms with Gasteiger partial charge >= 0.3 is 18.4 Å². The lowest BCUT2D eigenvalue weighted by Gasteiger charge is -2.37. The fraction of sp³-hybridized carbons (Fsp3) is 0.208. The highest BCUT2D eigenvalue weighted by atomic mass is 79.9. The summed E-state index contributed by atoms with van der Waals surface area (Å²) in [6.45, 7) is -1.67. The van der Waals surface area contributed by atoms with E-state index in [1.165, 1.54) is 12.1 Å². The molecule has 1 atom stereocenters. The molecular formula is C24H18BrF7N2O. The molecular weight excluding hydrogens is 545 g/mol. The summed E-state index contributed by atoms with van der Waals surface area (Å²) in [5, 5.41) is 4.08. The van der Waals surface area contributed by atoms with Crippen LogP contribution < -0.4 is 10.6 Å².